The van der Waals surface area contributed by atoms with Crippen LogP contribution in [-0.4, -0.2) is 33.3 Å². The molecular formula is C12H17N3O3. The summed E-state index contributed by atoms with van der Waals surface area (Å²) < 4.78 is 1.71. The topological polar surface area (TPSA) is 84.2 Å². The molecule has 2 N–H and O–H groups in total. The average Bonchev–Trinajstić information content (AvgIpc) is 2.61. The van der Waals surface area contributed by atoms with Gasteiger partial charge in [0.25, 0.3) is 0 Å². The minimum atomic E-state index is -0.867. The van der Waals surface area contributed by atoms with Crippen molar-refractivity contribution >= 4 is 11.9 Å². The highest BCUT2D eigenvalue weighted by Gasteiger charge is 2.41. The number of hydrogen-bond donors (Lipinski definition) is 2. The Balaban J connectivity index is 1.74. The maximum absolute atomic E-state index is 11.7. The SMILES string of the molecule is Cn1cc(CCNC(=O)C2CCC2C(=O)O)cn1. The number of aryl methyl sites for hydroxylation is 1. The van der Waals surface area contributed by atoms with Gasteiger partial charge in [-0.1, -0.05) is 0 Å². The van der Waals surface area contributed by atoms with E-state index < -0.39 is 11.9 Å². The molecule has 0 spiro atoms. The number of aromatic nitrogens is 2. The van der Waals surface area contributed by atoms with E-state index in [2.05, 4.69) is 10.4 Å². The molecule has 1 fully saturated rings. The van der Waals surface area contributed by atoms with E-state index in [1.165, 1.54) is 0 Å². The van der Waals surface area contributed by atoms with E-state index in [-0.39, 0.29) is 11.8 Å². The molecule has 1 aromatic heterocycles. The maximum Gasteiger partial charge on any atom is 0.307 e. The van der Waals surface area contributed by atoms with Crippen molar-refractivity contribution in [1.29, 1.82) is 0 Å². The maximum atomic E-state index is 11.7. The van der Waals surface area contributed by atoms with E-state index in [0.717, 1.165) is 5.56 Å². The molecule has 1 heterocycles. The van der Waals surface area contributed by atoms with Crippen molar-refractivity contribution in [2.24, 2.45) is 18.9 Å². The van der Waals surface area contributed by atoms with Crippen LogP contribution in [0.4, 0.5) is 0 Å². The molecule has 18 heavy (non-hydrogen) atoms. The van der Waals surface area contributed by atoms with Crippen LogP contribution in [0.1, 0.15) is 18.4 Å². The molecule has 0 bridgehead atoms. The van der Waals surface area contributed by atoms with Crippen molar-refractivity contribution in [2.75, 3.05) is 6.54 Å². The van der Waals surface area contributed by atoms with E-state index in [0.29, 0.717) is 25.8 Å². The Bertz CT molecular complexity index is 455. The number of hydrogen-bond acceptors (Lipinski definition) is 3. The number of nitrogens with one attached hydrogen (secondary N) is 1. The Morgan fingerprint density at radius 2 is 2.22 bits per heavy atom. The van der Waals surface area contributed by atoms with E-state index >= 15 is 0 Å². The molecule has 0 aromatic carbocycles. The summed E-state index contributed by atoms with van der Waals surface area (Å²) in [5.41, 5.74) is 1.06. The molecule has 0 saturated heterocycles. The van der Waals surface area contributed by atoms with Crippen molar-refractivity contribution in [3.05, 3.63) is 18.0 Å². The molecule has 6 nitrogen and oxygen atoms in total. The molecule has 98 valence electrons. The monoisotopic (exact) mass is 251 g/mol. The molecule has 0 radical (unpaired) electrons. The predicted octanol–water partition coefficient (Wildman–Crippen LogP) is 0.190. The van der Waals surface area contributed by atoms with Crippen molar-refractivity contribution in [1.82, 2.24) is 15.1 Å². The standard InChI is InChI=1S/C12H17N3O3/c1-15-7-8(6-14-15)4-5-13-11(16)9-2-3-10(9)12(17)18/h6-7,9-10H,2-5H2,1H3,(H,13,16)(H,17,18). The van der Waals surface area contributed by atoms with E-state index in [4.69, 9.17) is 5.11 Å². The third-order valence-corrected chi connectivity index (χ3v) is 3.40. The lowest BCUT2D eigenvalue weighted by Gasteiger charge is -2.31. The van der Waals surface area contributed by atoms with Gasteiger partial charge in [-0.15, -0.1) is 0 Å². The predicted molar refractivity (Wildman–Crippen MR) is 63.8 cm³/mol. The third kappa shape index (κ3) is 2.69. The van der Waals surface area contributed by atoms with Crippen molar-refractivity contribution in [2.45, 2.75) is 19.3 Å². The van der Waals surface area contributed by atoms with E-state index in [1.807, 2.05) is 13.2 Å². The smallest absolute Gasteiger partial charge is 0.307 e. The number of rotatable bonds is 5. The zero-order valence-electron chi connectivity index (χ0n) is 10.3. The summed E-state index contributed by atoms with van der Waals surface area (Å²) in [5, 5.41) is 15.7. The van der Waals surface area contributed by atoms with Crippen LogP contribution in [0.15, 0.2) is 12.4 Å². The summed E-state index contributed by atoms with van der Waals surface area (Å²) in [7, 11) is 1.84. The van der Waals surface area contributed by atoms with Gasteiger partial charge in [0.2, 0.25) is 5.91 Å². The molecule has 1 aliphatic carbocycles. The summed E-state index contributed by atoms with van der Waals surface area (Å²) in [6, 6.07) is 0. The summed E-state index contributed by atoms with van der Waals surface area (Å²) in [6.07, 6.45) is 5.65. The number of carboxylic acid groups (broad SMARTS) is 1. The number of carbonyl (C=O) groups excluding carboxylic acids is 1. The minimum Gasteiger partial charge on any atom is -0.481 e. The van der Waals surface area contributed by atoms with Crippen LogP contribution in [0.5, 0.6) is 0 Å². The van der Waals surface area contributed by atoms with E-state index in [9.17, 15) is 9.59 Å². The summed E-state index contributed by atoms with van der Waals surface area (Å²) >= 11 is 0. The average molecular weight is 251 g/mol. The third-order valence-electron chi connectivity index (χ3n) is 3.40. The largest absolute Gasteiger partial charge is 0.481 e. The fourth-order valence-corrected chi connectivity index (χ4v) is 2.17. The zero-order chi connectivity index (χ0) is 13.1. The van der Waals surface area contributed by atoms with Gasteiger partial charge in [0.05, 0.1) is 18.0 Å². The van der Waals surface area contributed by atoms with Crippen LogP contribution >= 0.6 is 0 Å². The second-order valence-corrected chi connectivity index (χ2v) is 4.69. The summed E-state index contributed by atoms with van der Waals surface area (Å²) in [6.45, 7) is 0.521. The molecule has 1 aromatic rings. The van der Waals surface area contributed by atoms with Gasteiger partial charge in [0, 0.05) is 19.8 Å². The van der Waals surface area contributed by atoms with Crippen LogP contribution in [0.25, 0.3) is 0 Å². The van der Waals surface area contributed by atoms with Crippen LogP contribution in [0.2, 0.25) is 0 Å². The van der Waals surface area contributed by atoms with Gasteiger partial charge in [0.15, 0.2) is 0 Å². The first-order valence-electron chi connectivity index (χ1n) is 6.06. The Hall–Kier alpha value is -1.85. The van der Waals surface area contributed by atoms with Gasteiger partial charge in [-0.25, -0.2) is 0 Å². The number of carboxylic acids is 1. The second-order valence-electron chi connectivity index (χ2n) is 4.69. The van der Waals surface area contributed by atoms with Gasteiger partial charge < -0.3 is 10.4 Å². The minimum absolute atomic E-state index is 0.141. The molecule has 2 atom stereocenters. The normalized spacial score (nSPS) is 22.3. The highest BCUT2D eigenvalue weighted by Crippen LogP contribution is 2.34. The lowest BCUT2D eigenvalue weighted by atomic mass is 9.73. The van der Waals surface area contributed by atoms with Gasteiger partial charge in [-0.05, 0) is 24.8 Å². The highest BCUT2D eigenvalue weighted by atomic mass is 16.4. The number of amides is 1. The van der Waals surface area contributed by atoms with Crippen molar-refractivity contribution in [3.8, 4) is 0 Å². The van der Waals surface area contributed by atoms with Gasteiger partial charge in [0.1, 0.15) is 0 Å². The second kappa shape index (κ2) is 5.20. The quantitative estimate of drug-likeness (QED) is 0.782. The first-order valence-corrected chi connectivity index (χ1v) is 6.06. The Morgan fingerprint density at radius 3 is 2.72 bits per heavy atom. The van der Waals surface area contributed by atoms with Gasteiger partial charge >= 0.3 is 5.97 Å². The Morgan fingerprint density at radius 1 is 1.50 bits per heavy atom. The van der Waals surface area contributed by atoms with Crippen molar-refractivity contribution in [3.63, 3.8) is 0 Å². The molecule has 1 saturated carbocycles. The van der Waals surface area contributed by atoms with Gasteiger partial charge in [-0.3, -0.25) is 14.3 Å². The number of aliphatic carboxylic acids is 1. The number of carbonyl (C=O) groups is 2. The first kappa shape index (κ1) is 12.6. The molecule has 0 aliphatic heterocycles. The zero-order valence-corrected chi connectivity index (χ0v) is 10.3. The van der Waals surface area contributed by atoms with Gasteiger partial charge in [-0.2, -0.15) is 5.10 Å². The summed E-state index contributed by atoms with van der Waals surface area (Å²) in [4.78, 5) is 22.5. The molecular weight excluding hydrogens is 234 g/mol. The highest BCUT2D eigenvalue weighted by molar-refractivity contribution is 5.86. The van der Waals surface area contributed by atoms with Crippen molar-refractivity contribution < 1.29 is 14.7 Å². The molecule has 1 aliphatic rings. The van der Waals surface area contributed by atoms with E-state index in [1.54, 1.807) is 10.9 Å². The summed E-state index contributed by atoms with van der Waals surface area (Å²) in [5.74, 6) is -1.86. The van der Waals surface area contributed by atoms with Crippen LogP contribution < -0.4 is 5.32 Å². The fourth-order valence-electron chi connectivity index (χ4n) is 2.17. The molecule has 6 heteroatoms. The lowest BCUT2D eigenvalue weighted by Crippen LogP contribution is -2.44. The van der Waals surface area contributed by atoms with Crippen LogP contribution in [-0.2, 0) is 23.1 Å². The Labute approximate surface area is 105 Å². The Kier molecular flexibility index (Phi) is 3.64. The van der Waals surface area contributed by atoms with Crippen LogP contribution in [0, 0.1) is 11.8 Å². The fraction of sp³-hybridized carbons (Fsp3) is 0.583. The number of nitrogens with zero attached hydrogens (tertiary/aromatic N) is 2. The first-order chi connectivity index (χ1) is 8.58. The van der Waals surface area contributed by atoms with Crippen LogP contribution in [0.3, 0.4) is 0 Å². The molecule has 2 rings (SSSR count). The lowest BCUT2D eigenvalue weighted by molar-refractivity contribution is -0.152. The molecule has 2 unspecified atom stereocenters. The molecule has 1 amide bonds.